The predicted octanol–water partition coefficient (Wildman–Crippen LogP) is 3.30. The van der Waals surface area contributed by atoms with Gasteiger partial charge in [0.1, 0.15) is 5.82 Å². The summed E-state index contributed by atoms with van der Waals surface area (Å²) >= 11 is 5.16. The van der Waals surface area contributed by atoms with Gasteiger partial charge in [0.25, 0.3) is 0 Å². The Morgan fingerprint density at radius 3 is 2.25 bits per heavy atom. The Bertz CT molecular complexity index is 292. The van der Waals surface area contributed by atoms with E-state index < -0.39 is 22.6 Å². The molecule has 0 aliphatic carbocycles. The molecule has 0 atom stereocenters. The molecule has 1 radical (unpaired) electrons. The Morgan fingerprint density at radius 1 is 1.25 bits per heavy atom. The van der Waals surface area contributed by atoms with Crippen molar-refractivity contribution in [2.24, 2.45) is 0 Å². The topological polar surface area (TPSA) is 0 Å². The van der Waals surface area contributed by atoms with Crippen molar-refractivity contribution in [1.82, 2.24) is 0 Å². The Kier molecular flexibility index (Phi) is 2.28. The van der Waals surface area contributed by atoms with Crippen LogP contribution >= 0.6 is 11.6 Å². The maximum Gasteiger partial charge on any atom is 0.418 e. The second-order valence-electron chi connectivity index (χ2n) is 2.03. The molecule has 1 aromatic carbocycles. The minimum Gasteiger partial charge on any atom is -0.206 e. The molecule has 0 spiro atoms. The van der Waals surface area contributed by atoms with Crippen molar-refractivity contribution in [2.45, 2.75) is 6.18 Å². The van der Waals surface area contributed by atoms with Gasteiger partial charge in [-0.15, -0.1) is 0 Å². The van der Waals surface area contributed by atoms with E-state index in [2.05, 4.69) is 0 Å². The zero-order valence-corrected chi connectivity index (χ0v) is 6.30. The fourth-order valence-corrected chi connectivity index (χ4v) is 0.874. The third-order valence-corrected chi connectivity index (χ3v) is 1.46. The number of halogens is 5. The third kappa shape index (κ3) is 1.88. The molecule has 0 N–H and O–H groups in total. The van der Waals surface area contributed by atoms with Crippen LogP contribution in [0.2, 0.25) is 5.02 Å². The first kappa shape index (κ1) is 9.32. The van der Waals surface area contributed by atoms with Gasteiger partial charge in [0.2, 0.25) is 0 Å². The fourth-order valence-electron chi connectivity index (χ4n) is 0.657. The summed E-state index contributed by atoms with van der Waals surface area (Å²) < 4.78 is 48.1. The van der Waals surface area contributed by atoms with Crippen molar-refractivity contribution in [1.29, 1.82) is 0 Å². The number of hydrogen-bond acceptors (Lipinski definition) is 0. The number of benzene rings is 1. The molecule has 0 nitrogen and oxygen atoms in total. The number of hydrogen-bond donors (Lipinski definition) is 0. The Hall–Kier alpha value is -0.770. The van der Waals surface area contributed by atoms with Crippen LogP contribution in [0.3, 0.4) is 0 Å². The van der Waals surface area contributed by atoms with E-state index in [0.29, 0.717) is 0 Å². The molecule has 0 saturated heterocycles. The molecule has 0 bridgehead atoms. The number of rotatable bonds is 0. The number of alkyl halides is 3. The average molecular weight is 198 g/mol. The standard InChI is InChI=1S/C7H2ClF4/c8-6-2-1-4(9)3-5(6)7(10,11)12/h1-2H. The van der Waals surface area contributed by atoms with Crippen LogP contribution in [0.4, 0.5) is 17.6 Å². The highest BCUT2D eigenvalue weighted by Gasteiger charge is 2.33. The molecule has 0 saturated carbocycles. The molecule has 0 unspecified atom stereocenters. The lowest BCUT2D eigenvalue weighted by molar-refractivity contribution is -0.137. The first-order valence-corrected chi connectivity index (χ1v) is 3.23. The largest absolute Gasteiger partial charge is 0.418 e. The molecule has 12 heavy (non-hydrogen) atoms. The smallest absolute Gasteiger partial charge is 0.206 e. The minimum atomic E-state index is -4.65. The minimum absolute atomic E-state index is 0.552. The lowest BCUT2D eigenvalue weighted by Gasteiger charge is -2.07. The second kappa shape index (κ2) is 2.94. The van der Waals surface area contributed by atoms with Crippen molar-refractivity contribution in [3.8, 4) is 0 Å². The van der Waals surface area contributed by atoms with Gasteiger partial charge >= 0.3 is 6.18 Å². The molecule has 0 amide bonds. The molecule has 0 aliphatic rings. The van der Waals surface area contributed by atoms with E-state index in [0.717, 1.165) is 12.1 Å². The molecule has 1 rings (SSSR count). The first-order valence-electron chi connectivity index (χ1n) is 2.86. The average Bonchev–Trinajstić information content (AvgIpc) is 1.92. The molecule has 0 aromatic heterocycles. The first-order chi connectivity index (χ1) is 5.41. The van der Waals surface area contributed by atoms with Crippen LogP contribution in [-0.4, -0.2) is 0 Å². The SMILES string of the molecule is Fc1[c]c(C(F)(F)F)c(Cl)cc1. The molecule has 5 heteroatoms. The van der Waals surface area contributed by atoms with Gasteiger partial charge in [-0.2, -0.15) is 13.2 Å². The van der Waals surface area contributed by atoms with E-state index in [9.17, 15) is 17.6 Å². The predicted molar refractivity (Wildman–Crippen MR) is 35.2 cm³/mol. The van der Waals surface area contributed by atoms with Crippen molar-refractivity contribution in [3.63, 3.8) is 0 Å². The van der Waals surface area contributed by atoms with E-state index >= 15 is 0 Å². The Labute approximate surface area is 70.8 Å². The zero-order valence-electron chi connectivity index (χ0n) is 5.54. The van der Waals surface area contributed by atoms with Gasteiger partial charge in [0.15, 0.2) is 0 Å². The van der Waals surface area contributed by atoms with Crippen molar-refractivity contribution >= 4 is 11.6 Å². The summed E-state index contributed by atoms with van der Waals surface area (Å²) in [6, 6.07) is 3.15. The van der Waals surface area contributed by atoms with Crippen LogP contribution in [0, 0.1) is 11.9 Å². The quantitative estimate of drug-likeness (QED) is 0.560. The molecular formula is C7H2ClF4. The Morgan fingerprint density at radius 2 is 1.83 bits per heavy atom. The van der Waals surface area contributed by atoms with Crippen LogP contribution in [0.25, 0.3) is 0 Å². The zero-order chi connectivity index (χ0) is 9.35. The fraction of sp³-hybridized carbons (Fsp3) is 0.143. The van der Waals surface area contributed by atoms with Crippen LogP contribution in [-0.2, 0) is 6.18 Å². The lowest BCUT2D eigenvalue weighted by atomic mass is 10.2. The monoisotopic (exact) mass is 197 g/mol. The molecule has 0 fully saturated rings. The highest BCUT2D eigenvalue weighted by atomic mass is 35.5. The van der Waals surface area contributed by atoms with Crippen molar-refractivity contribution < 1.29 is 17.6 Å². The summed E-state index contributed by atoms with van der Waals surface area (Å²) in [7, 11) is 0. The highest BCUT2D eigenvalue weighted by molar-refractivity contribution is 6.31. The van der Waals surface area contributed by atoms with E-state index in [1.807, 2.05) is 0 Å². The normalized spacial score (nSPS) is 11.8. The summed E-state index contributed by atoms with van der Waals surface area (Å²) in [6.07, 6.45) is -4.65. The van der Waals surface area contributed by atoms with Gasteiger partial charge in [0, 0.05) is 6.07 Å². The second-order valence-corrected chi connectivity index (χ2v) is 2.43. The summed E-state index contributed by atoms with van der Waals surface area (Å²) in [5.41, 5.74) is -1.27. The van der Waals surface area contributed by atoms with Gasteiger partial charge < -0.3 is 0 Å². The molecule has 0 aliphatic heterocycles. The molecular weight excluding hydrogens is 196 g/mol. The van der Waals surface area contributed by atoms with Crippen LogP contribution in [0.5, 0.6) is 0 Å². The van der Waals surface area contributed by atoms with Crippen molar-refractivity contribution in [2.75, 3.05) is 0 Å². The van der Waals surface area contributed by atoms with Gasteiger partial charge in [0.05, 0.1) is 10.6 Å². The molecule has 65 valence electrons. The summed E-state index contributed by atoms with van der Waals surface area (Å²) in [5, 5.41) is -0.552. The van der Waals surface area contributed by atoms with Gasteiger partial charge in [-0.1, -0.05) is 11.6 Å². The lowest BCUT2D eigenvalue weighted by Crippen LogP contribution is -2.06. The van der Waals surface area contributed by atoms with E-state index in [4.69, 9.17) is 11.6 Å². The van der Waals surface area contributed by atoms with Crippen molar-refractivity contribution in [3.05, 3.63) is 34.6 Å². The van der Waals surface area contributed by atoms with Gasteiger partial charge in [-0.3, -0.25) is 0 Å². The van der Waals surface area contributed by atoms with Gasteiger partial charge in [-0.25, -0.2) is 4.39 Å². The Balaban J connectivity index is 3.23. The highest BCUT2D eigenvalue weighted by Crippen LogP contribution is 2.34. The molecule has 1 aromatic rings. The van der Waals surface area contributed by atoms with E-state index in [-0.39, 0.29) is 0 Å². The molecule has 0 heterocycles. The van der Waals surface area contributed by atoms with Crippen LogP contribution < -0.4 is 0 Å². The van der Waals surface area contributed by atoms with E-state index in [1.54, 1.807) is 0 Å². The summed E-state index contributed by atoms with van der Waals surface area (Å²) in [5.74, 6) is -1.08. The van der Waals surface area contributed by atoms with Crippen LogP contribution in [0.15, 0.2) is 12.1 Å². The maximum atomic E-state index is 12.3. The van der Waals surface area contributed by atoms with Crippen LogP contribution in [0.1, 0.15) is 5.56 Å². The summed E-state index contributed by atoms with van der Waals surface area (Å²) in [4.78, 5) is 0. The third-order valence-electron chi connectivity index (χ3n) is 1.14. The summed E-state index contributed by atoms with van der Waals surface area (Å²) in [6.45, 7) is 0. The van der Waals surface area contributed by atoms with Gasteiger partial charge in [-0.05, 0) is 12.1 Å². The maximum absolute atomic E-state index is 12.3. The van der Waals surface area contributed by atoms with E-state index in [1.165, 1.54) is 6.07 Å².